The Balaban J connectivity index is 1.84. The molecule has 0 spiro atoms. The lowest BCUT2D eigenvalue weighted by atomic mass is 10.1. The summed E-state index contributed by atoms with van der Waals surface area (Å²) in [5.74, 6) is 1.14. The molecule has 1 aromatic rings. The molecule has 1 unspecified atom stereocenters. The van der Waals surface area contributed by atoms with Crippen LogP contribution in [0.3, 0.4) is 0 Å². The fourth-order valence-electron chi connectivity index (χ4n) is 2.37. The number of imidazole rings is 1. The Kier molecular flexibility index (Phi) is 4.71. The van der Waals surface area contributed by atoms with E-state index in [9.17, 15) is 4.79 Å². The van der Waals surface area contributed by atoms with Crippen molar-refractivity contribution in [3.63, 3.8) is 0 Å². The minimum atomic E-state index is -0.267. The van der Waals surface area contributed by atoms with E-state index in [0.29, 0.717) is 25.5 Å². The van der Waals surface area contributed by atoms with E-state index >= 15 is 0 Å². The summed E-state index contributed by atoms with van der Waals surface area (Å²) in [5.41, 5.74) is 0. The number of nitrogens with zero attached hydrogens (tertiary/aromatic N) is 3. The van der Waals surface area contributed by atoms with Crippen molar-refractivity contribution in [2.24, 2.45) is 7.05 Å². The van der Waals surface area contributed by atoms with Crippen LogP contribution in [0.2, 0.25) is 0 Å². The standard InChI is InChI=1S/C14H23N3O2/c1-11(2)17-8-9-19-13(10-17)12(18)4-5-14-15-6-7-16(14)3/h6-7,11,13H,4-5,8-10H2,1-3H3. The van der Waals surface area contributed by atoms with Crippen molar-refractivity contribution in [1.82, 2.24) is 14.5 Å². The average molecular weight is 265 g/mol. The summed E-state index contributed by atoms with van der Waals surface area (Å²) in [4.78, 5) is 18.7. The maximum Gasteiger partial charge on any atom is 0.163 e. The second-order valence-electron chi connectivity index (χ2n) is 5.37. The maximum absolute atomic E-state index is 12.2. The molecule has 1 aliphatic rings. The third-order valence-corrected chi connectivity index (χ3v) is 3.70. The third kappa shape index (κ3) is 3.64. The van der Waals surface area contributed by atoms with Crippen molar-refractivity contribution in [2.75, 3.05) is 19.7 Å². The van der Waals surface area contributed by atoms with E-state index in [1.54, 1.807) is 6.20 Å². The lowest BCUT2D eigenvalue weighted by Gasteiger charge is -2.34. The molecule has 1 aromatic heterocycles. The van der Waals surface area contributed by atoms with Gasteiger partial charge in [-0.1, -0.05) is 0 Å². The van der Waals surface area contributed by atoms with Gasteiger partial charge in [0.2, 0.25) is 0 Å². The number of carbonyl (C=O) groups is 1. The molecule has 2 heterocycles. The van der Waals surface area contributed by atoms with Gasteiger partial charge in [0.15, 0.2) is 5.78 Å². The minimum Gasteiger partial charge on any atom is -0.368 e. The Morgan fingerprint density at radius 2 is 2.37 bits per heavy atom. The van der Waals surface area contributed by atoms with E-state index in [0.717, 1.165) is 18.9 Å². The highest BCUT2D eigenvalue weighted by molar-refractivity contribution is 5.83. The van der Waals surface area contributed by atoms with Crippen molar-refractivity contribution in [3.8, 4) is 0 Å². The molecule has 0 radical (unpaired) electrons. The maximum atomic E-state index is 12.2. The Labute approximate surface area is 114 Å². The first-order valence-corrected chi connectivity index (χ1v) is 6.92. The number of aromatic nitrogens is 2. The van der Waals surface area contributed by atoms with Crippen LogP contribution in [0.15, 0.2) is 12.4 Å². The molecule has 0 bridgehead atoms. The summed E-state index contributed by atoms with van der Waals surface area (Å²) in [6, 6.07) is 0.466. The largest absolute Gasteiger partial charge is 0.368 e. The summed E-state index contributed by atoms with van der Waals surface area (Å²) in [5, 5.41) is 0. The predicted molar refractivity (Wildman–Crippen MR) is 73.0 cm³/mol. The molecule has 106 valence electrons. The summed E-state index contributed by atoms with van der Waals surface area (Å²) < 4.78 is 7.56. The van der Waals surface area contributed by atoms with Gasteiger partial charge >= 0.3 is 0 Å². The SMILES string of the molecule is CC(C)N1CCOC(C(=O)CCc2nccn2C)C1. The van der Waals surface area contributed by atoms with Gasteiger partial charge in [0.05, 0.1) is 6.61 Å². The smallest absolute Gasteiger partial charge is 0.163 e. The molecule has 0 N–H and O–H groups in total. The van der Waals surface area contributed by atoms with Crippen molar-refractivity contribution in [3.05, 3.63) is 18.2 Å². The fourth-order valence-corrected chi connectivity index (χ4v) is 2.37. The van der Waals surface area contributed by atoms with Gasteiger partial charge in [-0.2, -0.15) is 0 Å². The summed E-state index contributed by atoms with van der Waals surface area (Å²) in [6.07, 6.45) is 4.58. The average Bonchev–Trinajstić information content (AvgIpc) is 2.81. The number of morpholine rings is 1. The first kappa shape index (κ1) is 14.2. The summed E-state index contributed by atoms with van der Waals surface area (Å²) in [6.45, 7) is 6.59. The van der Waals surface area contributed by atoms with Gasteiger partial charge in [-0.25, -0.2) is 4.98 Å². The second-order valence-corrected chi connectivity index (χ2v) is 5.37. The Morgan fingerprint density at radius 3 is 3.00 bits per heavy atom. The summed E-state index contributed by atoms with van der Waals surface area (Å²) >= 11 is 0. The topological polar surface area (TPSA) is 47.4 Å². The number of ketones is 1. The van der Waals surface area contributed by atoms with Gasteiger partial charge in [-0.05, 0) is 13.8 Å². The van der Waals surface area contributed by atoms with Crippen LogP contribution in [0.4, 0.5) is 0 Å². The van der Waals surface area contributed by atoms with Crippen LogP contribution in [0, 0.1) is 0 Å². The van der Waals surface area contributed by atoms with Gasteiger partial charge in [0, 0.05) is 51.4 Å². The van der Waals surface area contributed by atoms with E-state index in [2.05, 4.69) is 23.7 Å². The van der Waals surface area contributed by atoms with Gasteiger partial charge < -0.3 is 9.30 Å². The quantitative estimate of drug-likeness (QED) is 0.798. The molecule has 0 amide bonds. The lowest BCUT2D eigenvalue weighted by molar-refractivity contribution is -0.137. The highest BCUT2D eigenvalue weighted by Gasteiger charge is 2.27. The molecule has 0 aromatic carbocycles. The third-order valence-electron chi connectivity index (χ3n) is 3.70. The molecule has 0 saturated carbocycles. The Bertz CT molecular complexity index is 428. The van der Waals surface area contributed by atoms with Crippen LogP contribution in [0.1, 0.15) is 26.1 Å². The lowest BCUT2D eigenvalue weighted by Crippen LogP contribution is -2.48. The minimum absolute atomic E-state index is 0.188. The Morgan fingerprint density at radius 1 is 1.58 bits per heavy atom. The molecule has 2 rings (SSSR count). The molecule has 1 saturated heterocycles. The number of rotatable bonds is 5. The molecular formula is C14H23N3O2. The predicted octanol–water partition coefficient (Wildman–Crippen LogP) is 1.03. The number of carbonyl (C=O) groups excluding carboxylic acids is 1. The fraction of sp³-hybridized carbons (Fsp3) is 0.714. The van der Waals surface area contributed by atoms with Crippen molar-refractivity contribution in [2.45, 2.75) is 38.8 Å². The number of hydrogen-bond donors (Lipinski definition) is 0. The van der Waals surface area contributed by atoms with Crippen molar-refractivity contribution < 1.29 is 9.53 Å². The molecule has 1 atom stereocenters. The van der Waals surface area contributed by atoms with E-state index in [1.807, 2.05) is 17.8 Å². The molecule has 0 aliphatic carbocycles. The van der Waals surface area contributed by atoms with Gasteiger partial charge in [-0.15, -0.1) is 0 Å². The first-order valence-electron chi connectivity index (χ1n) is 6.92. The highest BCUT2D eigenvalue weighted by atomic mass is 16.5. The van der Waals surface area contributed by atoms with Crippen LogP contribution in [-0.4, -0.2) is 52.1 Å². The van der Waals surface area contributed by atoms with Crippen LogP contribution in [-0.2, 0) is 23.0 Å². The zero-order valence-electron chi connectivity index (χ0n) is 12.0. The number of hydrogen-bond acceptors (Lipinski definition) is 4. The van der Waals surface area contributed by atoms with Crippen LogP contribution < -0.4 is 0 Å². The van der Waals surface area contributed by atoms with E-state index < -0.39 is 0 Å². The molecular weight excluding hydrogens is 242 g/mol. The van der Waals surface area contributed by atoms with Crippen molar-refractivity contribution >= 4 is 5.78 Å². The van der Waals surface area contributed by atoms with Gasteiger partial charge in [0.1, 0.15) is 11.9 Å². The molecule has 1 fully saturated rings. The Hall–Kier alpha value is -1.20. The van der Waals surface area contributed by atoms with E-state index in [-0.39, 0.29) is 11.9 Å². The first-order chi connectivity index (χ1) is 9.08. The van der Waals surface area contributed by atoms with Crippen LogP contribution in [0.25, 0.3) is 0 Å². The molecule has 5 nitrogen and oxygen atoms in total. The second kappa shape index (κ2) is 6.30. The van der Waals surface area contributed by atoms with Crippen LogP contribution in [0.5, 0.6) is 0 Å². The van der Waals surface area contributed by atoms with Gasteiger partial charge in [-0.3, -0.25) is 9.69 Å². The van der Waals surface area contributed by atoms with Gasteiger partial charge in [0.25, 0.3) is 0 Å². The van der Waals surface area contributed by atoms with E-state index in [1.165, 1.54) is 0 Å². The normalized spacial score (nSPS) is 20.9. The number of aryl methyl sites for hydroxylation is 2. The molecule has 5 heteroatoms. The zero-order valence-corrected chi connectivity index (χ0v) is 12.0. The summed E-state index contributed by atoms with van der Waals surface area (Å²) in [7, 11) is 1.95. The molecule has 19 heavy (non-hydrogen) atoms. The van der Waals surface area contributed by atoms with Crippen molar-refractivity contribution in [1.29, 1.82) is 0 Å². The number of ether oxygens (including phenoxy) is 1. The van der Waals surface area contributed by atoms with Crippen LogP contribution >= 0.6 is 0 Å². The van der Waals surface area contributed by atoms with E-state index in [4.69, 9.17) is 4.74 Å². The number of Topliss-reactive ketones (excluding diaryl/α,β-unsaturated/α-hetero) is 1. The monoisotopic (exact) mass is 265 g/mol. The molecule has 1 aliphatic heterocycles. The highest BCUT2D eigenvalue weighted by Crippen LogP contribution is 2.12. The zero-order chi connectivity index (χ0) is 13.8.